The van der Waals surface area contributed by atoms with Gasteiger partial charge in [-0.25, -0.2) is 4.98 Å². The van der Waals surface area contributed by atoms with Gasteiger partial charge in [0.2, 0.25) is 5.91 Å². The van der Waals surface area contributed by atoms with Gasteiger partial charge < -0.3 is 23.0 Å². The Bertz CT molecular complexity index is 875. The number of primary amides is 1. The number of oxime groups is 1. The van der Waals surface area contributed by atoms with E-state index in [0.29, 0.717) is 0 Å². The first-order valence-corrected chi connectivity index (χ1v) is 8.59. The van der Waals surface area contributed by atoms with Crippen molar-refractivity contribution in [3.63, 3.8) is 0 Å². The number of carbonyl (C=O) groups excluding carboxylic acids is 3. The number of rotatable bonds is 6. The van der Waals surface area contributed by atoms with Gasteiger partial charge in [-0.05, 0) is 0 Å². The van der Waals surface area contributed by atoms with Crippen LogP contribution >= 0.6 is 11.3 Å². The number of aromatic nitrogens is 1. The van der Waals surface area contributed by atoms with Gasteiger partial charge in [0, 0.05) is 5.38 Å². The number of thiazole rings is 1. The maximum atomic E-state index is 12.3. The molecule has 0 spiro atoms. The third kappa shape index (κ3) is 4.30. The molecule has 0 unspecified atom stereocenters. The van der Waals surface area contributed by atoms with Crippen LogP contribution in [0.25, 0.3) is 0 Å². The molecule has 1 aromatic heterocycles. The maximum Gasteiger partial charge on any atom is 1.00 e. The molecule has 0 aliphatic carbocycles. The van der Waals surface area contributed by atoms with Crippen LogP contribution in [0.15, 0.2) is 10.5 Å². The number of β-lactam (4-membered cyclic amide) rings is 1. The topological polar surface area (TPSA) is 207 Å². The van der Waals surface area contributed by atoms with Crippen LogP contribution < -0.4 is 46.3 Å². The molecule has 1 aliphatic rings. The molecule has 6 N–H and O–H groups in total. The average molecular weight is 416 g/mol. The predicted molar refractivity (Wildman–Crippen MR) is 84.5 cm³/mol. The summed E-state index contributed by atoms with van der Waals surface area (Å²) >= 11 is 1.01. The molecule has 1 aromatic rings. The Morgan fingerprint density at radius 3 is 2.58 bits per heavy atom. The van der Waals surface area contributed by atoms with Gasteiger partial charge in [-0.1, -0.05) is 5.16 Å². The first-order chi connectivity index (χ1) is 11.6. The van der Waals surface area contributed by atoms with Crippen molar-refractivity contribution in [1.29, 1.82) is 0 Å². The third-order valence-corrected chi connectivity index (χ3v) is 4.62. The van der Waals surface area contributed by atoms with Gasteiger partial charge in [0.25, 0.3) is 11.8 Å². The van der Waals surface area contributed by atoms with Crippen LogP contribution in [0.3, 0.4) is 0 Å². The molecular weight excluding hydrogens is 403 g/mol. The van der Waals surface area contributed by atoms with Crippen molar-refractivity contribution in [3.05, 3.63) is 11.1 Å². The Kier molecular flexibility index (Phi) is 7.09. The Hall–Kier alpha value is -1.78. The van der Waals surface area contributed by atoms with Gasteiger partial charge in [0.05, 0.1) is 0 Å². The molecule has 0 aromatic carbocycles. The van der Waals surface area contributed by atoms with Crippen LogP contribution in [-0.2, 0) is 29.5 Å². The molecule has 3 amide bonds. The summed E-state index contributed by atoms with van der Waals surface area (Å²) in [5.74, 6) is -3.48. The Labute approximate surface area is 174 Å². The van der Waals surface area contributed by atoms with Gasteiger partial charge in [-0.2, -0.15) is 12.7 Å². The number of nitrogen functional groups attached to an aromatic ring is 1. The molecule has 0 radical (unpaired) electrons. The molecule has 2 heterocycles. The fourth-order valence-corrected chi connectivity index (χ4v) is 3.44. The molecule has 2 rings (SSSR count). The second kappa shape index (κ2) is 8.28. The number of anilines is 1. The molecular formula is C10H13N6NaO7S2. The van der Waals surface area contributed by atoms with Gasteiger partial charge in [-0.15, -0.1) is 11.3 Å². The standard InChI is InChI=1S/C10H12N6O7S2.Na.H/c1-23-15-4(3-2-24-10(12)13-3)8(18)14-5-6(7(11)17)16(9(5)19)25(20,21)22;;/h2,5-6H,1H3,(H2,11,17)(H2,12,13)(H,14,18)(H,20,21,22);;/q;+1;-1/t5-,6-;;/m0../s1. The maximum absolute atomic E-state index is 12.3. The molecule has 16 heteroatoms. The van der Waals surface area contributed by atoms with E-state index in [1.54, 1.807) is 0 Å². The van der Waals surface area contributed by atoms with Crippen molar-refractivity contribution in [3.8, 4) is 0 Å². The number of nitrogens with two attached hydrogens (primary N) is 2. The molecule has 1 aliphatic heterocycles. The summed E-state index contributed by atoms with van der Waals surface area (Å²) in [6.07, 6.45) is 0. The van der Waals surface area contributed by atoms with Gasteiger partial charge in [-0.3, -0.25) is 18.9 Å². The number of hydrogen-bond acceptors (Lipinski definition) is 10. The summed E-state index contributed by atoms with van der Waals surface area (Å²) in [6.45, 7) is 0. The molecule has 13 nitrogen and oxygen atoms in total. The van der Waals surface area contributed by atoms with Crippen molar-refractivity contribution < 1.29 is 63.2 Å². The van der Waals surface area contributed by atoms with Gasteiger partial charge in [0.1, 0.15) is 18.8 Å². The first-order valence-electron chi connectivity index (χ1n) is 6.31. The van der Waals surface area contributed by atoms with Crippen LogP contribution in [0.2, 0.25) is 0 Å². The number of amides is 3. The molecule has 138 valence electrons. The molecule has 2 atom stereocenters. The summed E-state index contributed by atoms with van der Waals surface area (Å²) in [6, 6.07) is -3.39. The molecule has 1 saturated heterocycles. The van der Waals surface area contributed by atoms with Crippen LogP contribution in [0.1, 0.15) is 7.12 Å². The SMILES string of the molecule is CON=C(C(=O)N[C@@H]1C(=O)N(S(=O)(=O)O)[C@@H]1C(N)=O)c1csc(N)n1.[H-].[Na+]. The smallest absolute Gasteiger partial charge is 1.00 e. The van der Waals surface area contributed by atoms with E-state index < -0.39 is 40.1 Å². The number of carbonyl (C=O) groups is 3. The largest absolute Gasteiger partial charge is 1.00 e. The van der Waals surface area contributed by atoms with Crippen molar-refractivity contribution in [1.82, 2.24) is 14.6 Å². The molecule has 1 fully saturated rings. The number of nitrogens with zero attached hydrogens (tertiary/aromatic N) is 3. The van der Waals surface area contributed by atoms with E-state index in [1.807, 2.05) is 0 Å². The minimum atomic E-state index is -5.01. The predicted octanol–water partition coefficient (Wildman–Crippen LogP) is -5.82. The van der Waals surface area contributed by atoms with Gasteiger partial charge in [0.15, 0.2) is 16.9 Å². The first kappa shape index (κ1) is 22.3. The number of nitrogens with one attached hydrogen (secondary N) is 1. The summed E-state index contributed by atoms with van der Waals surface area (Å²) < 4.78 is 31.0. The zero-order valence-corrected chi connectivity index (χ0v) is 17.1. The summed E-state index contributed by atoms with van der Waals surface area (Å²) in [5, 5.41) is 7.10. The normalized spacial score (nSPS) is 20.0. The van der Waals surface area contributed by atoms with E-state index >= 15 is 0 Å². The van der Waals surface area contributed by atoms with Crippen LogP contribution in [-0.4, -0.2) is 64.9 Å². The molecule has 0 saturated carbocycles. The van der Waals surface area contributed by atoms with Crippen molar-refractivity contribution in [2.75, 3.05) is 12.8 Å². The minimum absolute atomic E-state index is 0. The van der Waals surface area contributed by atoms with E-state index in [9.17, 15) is 22.8 Å². The zero-order valence-electron chi connectivity index (χ0n) is 14.4. The fraction of sp³-hybridized carbons (Fsp3) is 0.300. The van der Waals surface area contributed by atoms with Gasteiger partial charge >= 0.3 is 39.9 Å². The van der Waals surface area contributed by atoms with E-state index in [0.717, 1.165) is 18.4 Å². The second-order valence-electron chi connectivity index (χ2n) is 4.60. The Morgan fingerprint density at radius 1 is 1.54 bits per heavy atom. The molecule has 26 heavy (non-hydrogen) atoms. The third-order valence-electron chi connectivity index (χ3n) is 3.04. The van der Waals surface area contributed by atoms with E-state index in [2.05, 4.69) is 20.3 Å². The fourth-order valence-electron chi connectivity index (χ4n) is 2.04. The second-order valence-corrected chi connectivity index (χ2v) is 6.78. The molecule has 0 bridgehead atoms. The summed E-state index contributed by atoms with van der Waals surface area (Å²) in [7, 11) is -3.85. The van der Waals surface area contributed by atoms with Crippen LogP contribution in [0.4, 0.5) is 5.13 Å². The summed E-state index contributed by atoms with van der Waals surface area (Å²) in [5.41, 5.74) is 10.2. The van der Waals surface area contributed by atoms with E-state index in [4.69, 9.17) is 16.0 Å². The Morgan fingerprint density at radius 2 is 2.15 bits per heavy atom. The average Bonchev–Trinajstić information content (AvgIpc) is 2.91. The monoisotopic (exact) mass is 416 g/mol. The number of hydrogen-bond donors (Lipinski definition) is 4. The Balaban J connectivity index is 0.00000338. The minimum Gasteiger partial charge on any atom is -1.00 e. The van der Waals surface area contributed by atoms with Crippen molar-refractivity contribution in [2.24, 2.45) is 10.9 Å². The zero-order chi connectivity index (χ0) is 18.9. The van der Waals surface area contributed by atoms with E-state index in [-0.39, 0.29) is 51.8 Å². The van der Waals surface area contributed by atoms with Crippen molar-refractivity contribution in [2.45, 2.75) is 12.1 Å². The summed E-state index contributed by atoms with van der Waals surface area (Å²) in [4.78, 5) is 43.8. The van der Waals surface area contributed by atoms with E-state index in [1.165, 1.54) is 5.38 Å². The van der Waals surface area contributed by atoms with Crippen LogP contribution in [0.5, 0.6) is 0 Å². The quantitative estimate of drug-likeness (QED) is 0.114. The van der Waals surface area contributed by atoms with Crippen LogP contribution in [0, 0.1) is 0 Å². The van der Waals surface area contributed by atoms with Crippen molar-refractivity contribution >= 4 is 50.2 Å².